The molecular formula is C11H25N. The Balaban J connectivity index is 0.000000217. The standard InChI is InChI=1S/C7H14.C4H11N/c1-7(2)5-3-4-6-7;1-3-4-5-2/h3-6H2,1-2H3;5H,3-4H2,1-2H3. The second-order valence-corrected chi connectivity index (χ2v) is 4.47. The lowest BCUT2D eigenvalue weighted by molar-refractivity contribution is 0.382. The molecule has 0 bridgehead atoms. The van der Waals surface area contributed by atoms with Gasteiger partial charge in [-0.1, -0.05) is 33.6 Å². The number of rotatable bonds is 2. The van der Waals surface area contributed by atoms with Gasteiger partial charge in [-0.3, -0.25) is 0 Å². The quantitative estimate of drug-likeness (QED) is 0.673. The van der Waals surface area contributed by atoms with Crippen LogP contribution in [-0.4, -0.2) is 13.6 Å². The summed E-state index contributed by atoms with van der Waals surface area (Å²) in [7, 11) is 1.96. The van der Waals surface area contributed by atoms with Crippen molar-refractivity contribution in [3.63, 3.8) is 0 Å². The summed E-state index contributed by atoms with van der Waals surface area (Å²) < 4.78 is 0. The van der Waals surface area contributed by atoms with Crippen LogP contribution in [-0.2, 0) is 0 Å². The predicted molar refractivity (Wildman–Crippen MR) is 56.5 cm³/mol. The van der Waals surface area contributed by atoms with Crippen molar-refractivity contribution in [2.24, 2.45) is 5.41 Å². The molecule has 0 radical (unpaired) electrons. The van der Waals surface area contributed by atoms with E-state index in [9.17, 15) is 0 Å². The van der Waals surface area contributed by atoms with E-state index in [4.69, 9.17) is 0 Å². The van der Waals surface area contributed by atoms with Crippen LogP contribution in [0.5, 0.6) is 0 Å². The van der Waals surface area contributed by atoms with Gasteiger partial charge in [-0.25, -0.2) is 0 Å². The molecule has 1 nitrogen and oxygen atoms in total. The summed E-state index contributed by atoms with van der Waals surface area (Å²) in [5, 5.41) is 3.02. The van der Waals surface area contributed by atoms with Gasteiger partial charge in [0.1, 0.15) is 0 Å². The SMILES string of the molecule is CC1(C)CCCC1.CCCNC. The van der Waals surface area contributed by atoms with Gasteiger partial charge in [-0.2, -0.15) is 0 Å². The summed E-state index contributed by atoms with van der Waals surface area (Å²) in [6.45, 7) is 8.01. The molecule has 0 aliphatic heterocycles. The van der Waals surface area contributed by atoms with Gasteiger partial charge in [0.15, 0.2) is 0 Å². The Labute approximate surface area is 77.9 Å². The van der Waals surface area contributed by atoms with Gasteiger partial charge in [0.25, 0.3) is 0 Å². The van der Waals surface area contributed by atoms with Gasteiger partial charge in [-0.15, -0.1) is 0 Å². The molecule has 0 aromatic rings. The first-order chi connectivity index (χ1) is 5.62. The second kappa shape index (κ2) is 6.47. The molecule has 0 atom stereocenters. The first-order valence-corrected chi connectivity index (χ1v) is 5.27. The molecule has 74 valence electrons. The second-order valence-electron chi connectivity index (χ2n) is 4.47. The van der Waals surface area contributed by atoms with Crippen molar-refractivity contribution in [1.29, 1.82) is 0 Å². The van der Waals surface area contributed by atoms with E-state index in [0.717, 1.165) is 6.54 Å². The van der Waals surface area contributed by atoms with Crippen molar-refractivity contribution < 1.29 is 0 Å². The summed E-state index contributed by atoms with van der Waals surface area (Å²) in [5.41, 5.74) is 0.694. The average Bonchev–Trinajstić information content (AvgIpc) is 2.37. The van der Waals surface area contributed by atoms with Crippen molar-refractivity contribution >= 4 is 0 Å². The molecule has 0 saturated heterocycles. The molecule has 1 aliphatic rings. The van der Waals surface area contributed by atoms with E-state index < -0.39 is 0 Å². The van der Waals surface area contributed by atoms with Crippen LogP contribution in [0.1, 0.15) is 52.9 Å². The van der Waals surface area contributed by atoms with Crippen LogP contribution >= 0.6 is 0 Å². The number of hydrogen-bond donors (Lipinski definition) is 1. The van der Waals surface area contributed by atoms with Crippen LogP contribution in [0.3, 0.4) is 0 Å². The molecule has 1 saturated carbocycles. The molecule has 1 aliphatic carbocycles. The monoisotopic (exact) mass is 171 g/mol. The van der Waals surface area contributed by atoms with Gasteiger partial charge in [0.2, 0.25) is 0 Å². The molecule has 1 heteroatoms. The van der Waals surface area contributed by atoms with Crippen molar-refractivity contribution in [2.75, 3.05) is 13.6 Å². The maximum Gasteiger partial charge on any atom is -0.00546 e. The predicted octanol–water partition coefficient (Wildman–Crippen LogP) is 3.20. The van der Waals surface area contributed by atoms with Crippen molar-refractivity contribution in [1.82, 2.24) is 5.32 Å². The van der Waals surface area contributed by atoms with E-state index in [1.807, 2.05) is 7.05 Å². The molecule has 0 aromatic carbocycles. The highest BCUT2D eigenvalue weighted by atomic mass is 14.8. The summed E-state index contributed by atoms with van der Waals surface area (Å²) in [6.07, 6.45) is 7.07. The van der Waals surface area contributed by atoms with E-state index in [-0.39, 0.29) is 0 Å². The third-order valence-electron chi connectivity index (χ3n) is 2.46. The number of nitrogens with one attached hydrogen (secondary N) is 1. The fourth-order valence-corrected chi connectivity index (χ4v) is 1.58. The normalized spacial score (nSPS) is 20.0. The Kier molecular flexibility index (Phi) is 6.45. The zero-order chi connectivity index (χ0) is 9.45. The Morgan fingerprint density at radius 1 is 1.17 bits per heavy atom. The van der Waals surface area contributed by atoms with Crippen molar-refractivity contribution in [2.45, 2.75) is 52.9 Å². The third-order valence-corrected chi connectivity index (χ3v) is 2.46. The van der Waals surface area contributed by atoms with Gasteiger partial charge in [-0.05, 0) is 38.3 Å². The Morgan fingerprint density at radius 3 is 1.75 bits per heavy atom. The Bertz CT molecular complexity index is 87.2. The van der Waals surface area contributed by atoms with E-state index >= 15 is 0 Å². The Hall–Kier alpha value is -0.0400. The molecule has 0 heterocycles. The Morgan fingerprint density at radius 2 is 1.67 bits per heavy atom. The molecule has 0 unspecified atom stereocenters. The molecule has 1 fully saturated rings. The van der Waals surface area contributed by atoms with Crippen LogP contribution < -0.4 is 5.32 Å². The molecule has 1 rings (SSSR count). The molecule has 1 N–H and O–H groups in total. The smallest absolute Gasteiger partial charge is 0.00546 e. The van der Waals surface area contributed by atoms with Gasteiger partial charge >= 0.3 is 0 Å². The zero-order valence-corrected chi connectivity index (χ0v) is 9.24. The van der Waals surface area contributed by atoms with Gasteiger partial charge < -0.3 is 5.32 Å². The van der Waals surface area contributed by atoms with Crippen molar-refractivity contribution in [3.8, 4) is 0 Å². The van der Waals surface area contributed by atoms with Crippen molar-refractivity contribution in [3.05, 3.63) is 0 Å². The highest BCUT2D eigenvalue weighted by Gasteiger charge is 2.21. The molecular weight excluding hydrogens is 146 g/mol. The van der Waals surface area contributed by atoms with E-state index in [2.05, 4.69) is 26.1 Å². The zero-order valence-electron chi connectivity index (χ0n) is 9.24. The van der Waals surface area contributed by atoms with Crippen LogP contribution in [0.2, 0.25) is 0 Å². The fourth-order valence-electron chi connectivity index (χ4n) is 1.58. The van der Waals surface area contributed by atoms with Crippen LogP contribution in [0, 0.1) is 5.41 Å². The minimum absolute atomic E-state index is 0.694. The van der Waals surface area contributed by atoms with E-state index in [1.165, 1.54) is 32.1 Å². The maximum atomic E-state index is 3.02. The van der Waals surface area contributed by atoms with Crippen LogP contribution in [0.25, 0.3) is 0 Å². The summed E-state index contributed by atoms with van der Waals surface area (Å²) in [5.74, 6) is 0. The largest absolute Gasteiger partial charge is 0.320 e. The van der Waals surface area contributed by atoms with E-state index in [1.54, 1.807) is 0 Å². The highest BCUT2D eigenvalue weighted by Crippen LogP contribution is 2.36. The summed E-state index contributed by atoms with van der Waals surface area (Å²) in [4.78, 5) is 0. The lowest BCUT2D eigenvalue weighted by Crippen LogP contribution is -2.04. The first-order valence-electron chi connectivity index (χ1n) is 5.27. The molecule has 0 spiro atoms. The minimum Gasteiger partial charge on any atom is -0.320 e. The van der Waals surface area contributed by atoms with Gasteiger partial charge in [0, 0.05) is 0 Å². The lowest BCUT2D eigenvalue weighted by atomic mass is 9.92. The molecule has 12 heavy (non-hydrogen) atoms. The summed E-state index contributed by atoms with van der Waals surface area (Å²) in [6, 6.07) is 0. The third kappa shape index (κ3) is 6.66. The fraction of sp³-hybridized carbons (Fsp3) is 1.00. The highest BCUT2D eigenvalue weighted by molar-refractivity contribution is 4.74. The van der Waals surface area contributed by atoms with E-state index in [0.29, 0.717) is 5.41 Å². The van der Waals surface area contributed by atoms with Crippen LogP contribution in [0.15, 0.2) is 0 Å². The average molecular weight is 171 g/mol. The van der Waals surface area contributed by atoms with Gasteiger partial charge in [0.05, 0.1) is 0 Å². The summed E-state index contributed by atoms with van der Waals surface area (Å²) >= 11 is 0. The first kappa shape index (κ1) is 12.0. The number of hydrogen-bond acceptors (Lipinski definition) is 1. The lowest BCUT2D eigenvalue weighted by Gasteiger charge is -2.13. The molecule has 0 aromatic heterocycles. The topological polar surface area (TPSA) is 12.0 Å². The molecule has 0 amide bonds. The van der Waals surface area contributed by atoms with Crippen LogP contribution in [0.4, 0.5) is 0 Å². The maximum absolute atomic E-state index is 3.02. The minimum atomic E-state index is 0.694.